The first-order chi connectivity index (χ1) is 10.3. The number of carbonyl (C=O) groups excluding carboxylic acids is 1. The van der Waals surface area contributed by atoms with E-state index in [4.69, 9.17) is 5.11 Å². The summed E-state index contributed by atoms with van der Waals surface area (Å²) in [6.07, 6.45) is 2.12. The van der Waals surface area contributed by atoms with Gasteiger partial charge in [-0.15, -0.1) is 0 Å². The average molecular weight is 326 g/mol. The highest BCUT2D eigenvalue weighted by atomic mass is 32.2. The molecule has 8 heteroatoms. The van der Waals surface area contributed by atoms with Crippen LogP contribution in [0.2, 0.25) is 0 Å². The predicted molar refractivity (Wildman–Crippen MR) is 81.2 cm³/mol. The summed E-state index contributed by atoms with van der Waals surface area (Å²) >= 11 is 0. The molecule has 0 bridgehead atoms. The molecular formula is C14H18N2O5S. The summed E-state index contributed by atoms with van der Waals surface area (Å²) in [4.78, 5) is 22.9. The zero-order chi connectivity index (χ0) is 16.3. The van der Waals surface area contributed by atoms with Gasteiger partial charge < -0.3 is 10.4 Å². The number of nitrogens with zero attached hydrogens (tertiary/aromatic N) is 1. The second-order valence-corrected chi connectivity index (χ2v) is 7.29. The fourth-order valence-electron chi connectivity index (χ4n) is 2.39. The van der Waals surface area contributed by atoms with E-state index in [9.17, 15) is 18.0 Å². The third-order valence-electron chi connectivity index (χ3n) is 3.69. The van der Waals surface area contributed by atoms with Crippen LogP contribution in [0.1, 0.15) is 23.2 Å². The standard InChI is InChI=1S/C14H18N2O5S/c1-22(20,21)16-8-6-10(7-9-16)13(17)15-12-4-2-11(3-5-12)14(18)19/h2-5,10H,6-9H2,1H3,(H,15,17)(H,18,19). The van der Waals surface area contributed by atoms with Crippen LogP contribution in [0.5, 0.6) is 0 Å². The molecule has 0 aliphatic carbocycles. The number of carboxylic acid groups (broad SMARTS) is 1. The number of hydrogen-bond acceptors (Lipinski definition) is 4. The number of piperidine rings is 1. The smallest absolute Gasteiger partial charge is 0.335 e. The first kappa shape index (κ1) is 16.4. The van der Waals surface area contributed by atoms with Crippen LogP contribution in [0.15, 0.2) is 24.3 Å². The van der Waals surface area contributed by atoms with Gasteiger partial charge in [-0.2, -0.15) is 0 Å². The fourth-order valence-corrected chi connectivity index (χ4v) is 3.26. The second kappa shape index (κ2) is 6.45. The van der Waals surface area contributed by atoms with E-state index in [1.807, 2.05) is 0 Å². The van der Waals surface area contributed by atoms with Crippen LogP contribution in [0, 0.1) is 5.92 Å². The monoisotopic (exact) mass is 326 g/mol. The lowest BCUT2D eigenvalue weighted by Gasteiger charge is -2.29. The predicted octanol–water partition coefficient (Wildman–Crippen LogP) is 0.995. The largest absolute Gasteiger partial charge is 0.478 e. The molecule has 1 aromatic rings. The van der Waals surface area contributed by atoms with Crippen molar-refractivity contribution in [3.05, 3.63) is 29.8 Å². The van der Waals surface area contributed by atoms with Crippen LogP contribution in [-0.4, -0.2) is 49.1 Å². The van der Waals surface area contributed by atoms with Crippen LogP contribution < -0.4 is 5.32 Å². The van der Waals surface area contributed by atoms with Gasteiger partial charge in [0.2, 0.25) is 15.9 Å². The number of amides is 1. The van der Waals surface area contributed by atoms with Crippen molar-refractivity contribution < 1.29 is 23.1 Å². The number of anilines is 1. The van der Waals surface area contributed by atoms with Crippen LogP contribution in [0.4, 0.5) is 5.69 Å². The average Bonchev–Trinajstić information content (AvgIpc) is 2.47. The van der Waals surface area contributed by atoms with E-state index in [0.717, 1.165) is 6.26 Å². The van der Waals surface area contributed by atoms with E-state index in [-0.39, 0.29) is 17.4 Å². The number of hydrogen-bond donors (Lipinski definition) is 2. The molecule has 1 saturated heterocycles. The summed E-state index contributed by atoms with van der Waals surface area (Å²) in [5.41, 5.74) is 0.681. The number of benzene rings is 1. The minimum absolute atomic E-state index is 0.152. The normalized spacial score (nSPS) is 17.1. The Kier molecular flexibility index (Phi) is 4.82. The number of sulfonamides is 1. The summed E-state index contributed by atoms with van der Waals surface area (Å²) < 4.78 is 24.2. The molecule has 0 unspecified atom stereocenters. The van der Waals surface area contributed by atoms with E-state index in [1.54, 1.807) is 0 Å². The lowest BCUT2D eigenvalue weighted by molar-refractivity contribution is -0.120. The number of carboxylic acids is 1. The van der Waals surface area contributed by atoms with Crippen molar-refractivity contribution in [3.8, 4) is 0 Å². The van der Waals surface area contributed by atoms with Crippen LogP contribution in [0.25, 0.3) is 0 Å². The molecule has 1 heterocycles. The molecule has 0 radical (unpaired) electrons. The maximum absolute atomic E-state index is 12.1. The van der Waals surface area contributed by atoms with Crippen molar-refractivity contribution in [2.75, 3.05) is 24.7 Å². The van der Waals surface area contributed by atoms with Gasteiger partial charge in [0.15, 0.2) is 0 Å². The van der Waals surface area contributed by atoms with Crippen molar-refractivity contribution in [2.45, 2.75) is 12.8 Å². The topological polar surface area (TPSA) is 104 Å². The molecule has 0 atom stereocenters. The molecule has 1 fully saturated rings. The first-order valence-electron chi connectivity index (χ1n) is 6.87. The maximum Gasteiger partial charge on any atom is 0.335 e. The lowest BCUT2D eigenvalue weighted by atomic mass is 9.97. The molecule has 1 amide bonds. The van der Waals surface area contributed by atoms with Crippen molar-refractivity contribution in [2.24, 2.45) is 5.92 Å². The van der Waals surface area contributed by atoms with Crippen molar-refractivity contribution >= 4 is 27.6 Å². The van der Waals surface area contributed by atoms with E-state index in [0.29, 0.717) is 31.6 Å². The first-order valence-corrected chi connectivity index (χ1v) is 8.71. The summed E-state index contributed by atoms with van der Waals surface area (Å²) in [6, 6.07) is 5.91. The van der Waals surface area contributed by atoms with Crippen LogP contribution in [0.3, 0.4) is 0 Å². The molecular weight excluding hydrogens is 308 g/mol. The number of aromatic carboxylic acids is 1. The van der Waals surface area contributed by atoms with E-state index in [1.165, 1.54) is 28.6 Å². The molecule has 0 aromatic heterocycles. The second-order valence-electron chi connectivity index (χ2n) is 5.31. The number of nitrogens with one attached hydrogen (secondary N) is 1. The summed E-state index contributed by atoms with van der Waals surface area (Å²) in [6.45, 7) is 0.684. The van der Waals surface area contributed by atoms with Gasteiger partial charge in [0.05, 0.1) is 11.8 Å². The van der Waals surface area contributed by atoms with Crippen LogP contribution in [-0.2, 0) is 14.8 Å². The van der Waals surface area contributed by atoms with Gasteiger partial charge in [-0.3, -0.25) is 4.79 Å². The summed E-state index contributed by atoms with van der Waals surface area (Å²) in [5.74, 6) is -1.43. The molecule has 2 rings (SSSR count). The van der Waals surface area contributed by atoms with Crippen LogP contribution >= 0.6 is 0 Å². The van der Waals surface area contributed by atoms with Gasteiger partial charge in [-0.05, 0) is 37.1 Å². The van der Waals surface area contributed by atoms with Gasteiger partial charge >= 0.3 is 5.97 Å². The molecule has 7 nitrogen and oxygen atoms in total. The summed E-state index contributed by atoms with van der Waals surface area (Å²) in [7, 11) is -3.20. The fraction of sp³-hybridized carbons (Fsp3) is 0.429. The Morgan fingerprint density at radius 1 is 1.18 bits per heavy atom. The zero-order valence-corrected chi connectivity index (χ0v) is 13.0. The molecule has 0 spiro atoms. The minimum atomic E-state index is -3.20. The quantitative estimate of drug-likeness (QED) is 0.859. The Balaban J connectivity index is 1.92. The molecule has 1 aliphatic rings. The van der Waals surface area contributed by atoms with Crippen molar-refractivity contribution in [3.63, 3.8) is 0 Å². The highest BCUT2D eigenvalue weighted by Crippen LogP contribution is 2.21. The van der Waals surface area contributed by atoms with Gasteiger partial charge in [0, 0.05) is 24.7 Å². The zero-order valence-electron chi connectivity index (χ0n) is 12.2. The SMILES string of the molecule is CS(=O)(=O)N1CCC(C(=O)Nc2ccc(C(=O)O)cc2)CC1. The van der Waals surface area contributed by atoms with E-state index >= 15 is 0 Å². The lowest BCUT2D eigenvalue weighted by Crippen LogP contribution is -2.40. The Bertz CT molecular complexity index is 661. The Labute approximate surface area is 129 Å². The summed E-state index contributed by atoms with van der Waals surface area (Å²) in [5, 5.41) is 11.5. The number of carbonyl (C=O) groups is 2. The Morgan fingerprint density at radius 3 is 2.18 bits per heavy atom. The molecule has 0 saturated carbocycles. The van der Waals surface area contributed by atoms with Gasteiger partial charge in [-0.25, -0.2) is 17.5 Å². The van der Waals surface area contributed by atoms with Crippen molar-refractivity contribution in [1.29, 1.82) is 0 Å². The molecule has 120 valence electrons. The molecule has 1 aromatic carbocycles. The third kappa shape index (κ3) is 4.05. The maximum atomic E-state index is 12.1. The highest BCUT2D eigenvalue weighted by molar-refractivity contribution is 7.88. The van der Waals surface area contributed by atoms with E-state index in [2.05, 4.69) is 5.32 Å². The van der Waals surface area contributed by atoms with Gasteiger partial charge in [0.25, 0.3) is 0 Å². The van der Waals surface area contributed by atoms with Gasteiger partial charge in [0.1, 0.15) is 0 Å². The molecule has 2 N–H and O–H groups in total. The third-order valence-corrected chi connectivity index (χ3v) is 5.00. The Hall–Kier alpha value is -1.93. The van der Waals surface area contributed by atoms with Crippen molar-refractivity contribution in [1.82, 2.24) is 4.31 Å². The van der Waals surface area contributed by atoms with Gasteiger partial charge in [-0.1, -0.05) is 0 Å². The van der Waals surface area contributed by atoms with E-state index < -0.39 is 16.0 Å². The minimum Gasteiger partial charge on any atom is -0.478 e. The highest BCUT2D eigenvalue weighted by Gasteiger charge is 2.28. The number of rotatable bonds is 4. The Morgan fingerprint density at radius 2 is 1.73 bits per heavy atom. The molecule has 1 aliphatic heterocycles. The molecule has 22 heavy (non-hydrogen) atoms.